The lowest BCUT2D eigenvalue weighted by atomic mass is 10.2. The highest BCUT2D eigenvalue weighted by molar-refractivity contribution is 8.44. The van der Waals surface area contributed by atoms with E-state index in [1.54, 1.807) is 0 Å². The van der Waals surface area contributed by atoms with Gasteiger partial charge >= 0.3 is 20.2 Å². The number of ether oxygens (including phenoxy) is 3. The molecule has 0 aliphatic carbocycles. The summed E-state index contributed by atoms with van der Waals surface area (Å²) in [5.41, 5.74) is 5.20. The zero-order valence-electron chi connectivity index (χ0n) is 23.1. The summed E-state index contributed by atoms with van der Waals surface area (Å²) in [6.07, 6.45) is -0.943. The average Bonchev–Trinajstić information content (AvgIpc) is 3.72. The maximum atomic E-state index is 13.4. The lowest BCUT2D eigenvalue weighted by molar-refractivity contribution is -0.0629. The van der Waals surface area contributed by atoms with Gasteiger partial charge in [-0.15, -0.1) is 4.91 Å². The molecule has 2 saturated heterocycles. The van der Waals surface area contributed by atoms with E-state index in [0.29, 0.717) is 0 Å². The van der Waals surface area contributed by atoms with Crippen LogP contribution in [0.25, 0.3) is 11.2 Å². The third-order valence-electron chi connectivity index (χ3n) is 6.83. The van der Waals surface area contributed by atoms with E-state index in [1.807, 2.05) is 0 Å². The molecule has 23 heteroatoms. The van der Waals surface area contributed by atoms with Gasteiger partial charge in [0.15, 0.2) is 23.9 Å². The van der Waals surface area contributed by atoms with E-state index >= 15 is 0 Å². The Morgan fingerprint density at radius 3 is 2.41 bits per heavy atom. The molecule has 3 aromatic rings. The van der Waals surface area contributed by atoms with E-state index in [4.69, 9.17) is 33.5 Å². The van der Waals surface area contributed by atoms with Gasteiger partial charge in [0, 0.05) is 44.3 Å². The van der Waals surface area contributed by atoms with Crippen molar-refractivity contribution in [3.8, 4) is 0 Å². The van der Waals surface area contributed by atoms with Crippen LogP contribution < -0.4 is 17.0 Å². The maximum Gasteiger partial charge on any atom is 0.489 e. The number of aromatic nitrogens is 6. The Balaban J connectivity index is 1.30. The molecule has 20 nitrogen and oxygen atoms in total. The van der Waals surface area contributed by atoms with E-state index in [-0.39, 0.29) is 36.4 Å². The number of imidazole rings is 1. The molecule has 240 valence electrons. The van der Waals surface area contributed by atoms with Gasteiger partial charge in [0.2, 0.25) is 0 Å². The van der Waals surface area contributed by atoms with Crippen LogP contribution in [0.5, 0.6) is 0 Å². The lowest BCUT2D eigenvalue weighted by Gasteiger charge is -2.24. The minimum Gasteiger partial charge on any atom is -0.382 e. The number of hydrogen-bond acceptors (Lipinski definition) is 16. The first kappa shape index (κ1) is 32.6. The number of fused-ring (bicyclic) bond motifs is 1. The zero-order chi connectivity index (χ0) is 31.6. The van der Waals surface area contributed by atoms with Crippen molar-refractivity contribution in [2.75, 3.05) is 33.2 Å². The number of thiol groups is 1. The first-order valence-corrected chi connectivity index (χ1v) is 17.0. The zero-order valence-corrected chi connectivity index (χ0v) is 25.8. The van der Waals surface area contributed by atoms with Gasteiger partial charge in [-0.25, -0.2) is 28.9 Å². The number of rotatable bonds is 13. The van der Waals surface area contributed by atoms with Crippen molar-refractivity contribution in [3.63, 3.8) is 0 Å². The van der Waals surface area contributed by atoms with Crippen molar-refractivity contribution >= 4 is 43.8 Å². The highest BCUT2D eigenvalue weighted by Gasteiger charge is 2.44. The molecule has 0 amide bonds. The van der Waals surface area contributed by atoms with Crippen molar-refractivity contribution in [2.45, 2.75) is 49.7 Å². The second kappa shape index (κ2) is 13.3. The molecule has 5 rings (SSSR count). The third-order valence-corrected chi connectivity index (χ3v) is 9.60. The number of nitrogens with zero attached hydrogens (tertiary/aromatic N) is 6. The number of nitroso groups, excluding NO2 is 1. The van der Waals surface area contributed by atoms with E-state index in [9.17, 15) is 23.6 Å². The smallest absolute Gasteiger partial charge is 0.382 e. The molecule has 2 unspecified atom stereocenters. The Bertz CT molecular complexity index is 1720. The second-order valence-electron chi connectivity index (χ2n) is 9.58. The Hall–Kier alpha value is -2.84. The number of hydrogen-bond donors (Lipinski definition) is 3. The van der Waals surface area contributed by atoms with Crippen LogP contribution in [0.15, 0.2) is 39.5 Å². The normalized spacial score (nSPS) is 28.2. The molecule has 2 fully saturated rings. The van der Waals surface area contributed by atoms with Crippen molar-refractivity contribution in [1.82, 2.24) is 29.1 Å². The highest BCUT2D eigenvalue weighted by Crippen LogP contribution is 2.57. The summed E-state index contributed by atoms with van der Waals surface area (Å²) in [6, 6.07) is 1.17. The lowest BCUT2D eigenvalue weighted by Crippen LogP contribution is -2.35. The quantitative estimate of drug-likeness (QED) is 0.132. The second-order valence-corrected chi connectivity index (χ2v) is 14.2. The molecule has 2 aliphatic heterocycles. The van der Waals surface area contributed by atoms with Crippen LogP contribution in [0.4, 0.5) is 5.82 Å². The molecule has 0 saturated carbocycles. The Morgan fingerprint density at radius 1 is 1.07 bits per heavy atom. The number of aromatic amines is 1. The molecule has 3 N–H and O–H groups in total. The average molecular weight is 679 g/mol. The van der Waals surface area contributed by atoms with Gasteiger partial charge in [-0.1, -0.05) is 12.2 Å². The molecular weight excluding hydrogens is 650 g/mol. The first-order valence-electron chi connectivity index (χ1n) is 12.8. The maximum absolute atomic E-state index is 13.4. The van der Waals surface area contributed by atoms with Crippen LogP contribution in [0.2, 0.25) is 0 Å². The summed E-state index contributed by atoms with van der Waals surface area (Å²) < 4.78 is 66.6. The van der Waals surface area contributed by atoms with E-state index < -0.39 is 69.3 Å². The first-order chi connectivity index (χ1) is 21.0. The van der Waals surface area contributed by atoms with Crippen LogP contribution in [-0.4, -0.2) is 80.9 Å². The predicted molar refractivity (Wildman–Crippen MR) is 153 cm³/mol. The van der Waals surface area contributed by atoms with Gasteiger partial charge in [0.25, 0.3) is 5.56 Å². The number of nitrogen functional groups attached to an aromatic ring is 1. The number of H-pyrrole nitrogens is 1. The third kappa shape index (κ3) is 7.02. The van der Waals surface area contributed by atoms with Crippen LogP contribution in [-0.2, 0) is 41.4 Å². The largest absolute Gasteiger partial charge is 0.489 e. The van der Waals surface area contributed by atoms with Gasteiger partial charge in [0.05, 0.1) is 31.7 Å². The van der Waals surface area contributed by atoms with Crippen LogP contribution in [0.3, 0.4) is 0 Å². The molecule has 8 atom stereocenters. The standard InChI is InChI=1S/C21H28N8O12P2S/c1-35-13-5-11(39-19(13)28-4-3-15(30)26-21(28)31)8-38-43(34,44)41-14-6-12(7-37-42(33,27-32)36-2)40-20(14)29-10-25-16-17(22)23-9-24-18(16)29/h3-4,9-14,19-20H,5-8H2,1-2H3,(H,34,44)(H2,22,23,24)(H,26,30,31)/t11-,12-,13+,14+,19+,20+,42?,43?/m0/s1. The number of nitrogens with two attached hydrogens (primary N) is 1. The summed E-state index contributed by atoms with van der Waals surface area (Å²) in [5.74, 6) is 0.110. The SMILES string of the molecule is CO[C@@H]1C[C@@H](COP(=O)(S)O[C@@H]2C[C@@H](COP(=O)(N=O)OC)O[C@H]2n2cnc3c(N)ncnc32)O[C@H]1n1ccc(=O)[nH]c1=O. The van der Waals surface area contributed by atoms with Gasteiger partial charge in [0.1, 0.15) is 24.1 Å². The van der Waals surface area contributed by atoms with E-state index in [0.717, 1.165) is 7.11 Å². The number of anilines is 1. The summed E-state index contributed by atoms with van der Waals surface area (Å²) >= 11 is 4.14. The van der Waals surface area contributed by atoms with Crippen molar-refractivity contribution in [3.05, 3.63) is 50.7 Å². The minimum absolute atomic E-state index is 0.00423. The molecule has 0 bridgehead atoms. The van der Waals surface area contributed by atoms with Crippen molar-refractivity contribution in [2.24, 2.45) is 4.95 Å². The summed E-state index contributed by atoms with van der Waals surface area (Å²) in [6.45, 7) is -4.79. The summed E-state index contributed by atoms with van der Waals surface area (Å²) in [5, 5.41) is 0. The number of nitrogens with one attached hydrogen (secondary N) is 1. The van der Waals surface area contributed by atoms with Crippen molar-refractivity contribution in [1.29, 1.82) is 0 Å². The molecule has 0 radical (unpaired) electrons. The van der Waals surface area contributed by atoms with Gasteiger partial charge in [-0.05, 0) is 0 Å². The molecule has 0 spiro atoms. The van der Waals surface area contributed by atoms with Gasteiger partial charge < -0.3 is 19.9 Å². The molecule has 44 heavy (non-hydrogen) atoms. The van der Waals surface area contributed by atoms with E-state index in [2.05, 4.69) is 41.7 Å². The fraction of sp³-hybridized carbons (Fsp3) is 0.571. The van der Waals surface area contributed by atoms with Gasteiger partial charge in [-0.2, -0.15) is 0 Å². The van der Waals surface area contributed by atoms with Crippen molar-refractivity contribution < 1.29 is 41.4 Å². The summed E-state index contributed by atoms with van der Waals surface area (Å²) in [7, 11) is -1.81. The fourth-order valence-corrected chi connectivity index (χ4v) is 6.88. The Morgan fingerprint density at radius 2 is 1.75 bits per heavy atom. The predicted octanol–water partition coefficient (Wildman–Crippen LogP) is 1.53. The van der Waals surface area contributed by atoms with Crippen LogP contribution >= 0.6 is 26.8 Å². The molecule has 3 aromatic heterocycles. The Kier molecular flexibility index (Phi) is 9.81. The number of methoxy groups -OCH3 is 1. The van der Waals surface area contributed by atoms with Crippen LogP contribution in [0, 0.1) is 4.91 Å². The molecule has 5 heterocycles. The van der Waals surface area contributed by atoms with Gasteiger partial charge in [-0.3, -0.25) is 37.0 Å². The highest BCUT2D eigenvalue weighted by atomic mass is 32.7. The summed E-state index contributed by atoms with van der Waals surface area (Å²) in [4.78, 5) is 51.5. The fourth-order valence-electron chi connectivity index (χ4n) is 4.79. The monoisotopic (exact) mass is 678 g/mol. The molecule has 2 aliphatic rings. The minimum atomic E-state index is -4.25. The topological polar surface area (TPSA) is 253 Å². The van der Waals surface area contributed by atoms with Crippen LogP contribution in [0.1, 0.15) is 25.3 Å². The van der Waals surface area contributed by atoms with E-state index in [1.165, 1.54) is 41.2 Å². The molecular formula is C21H28N8O12P2S. The molecule has 0 aromatic carbocycles. The Labute approximate surface area is 252 Å².